The van der Waals surface area contributed by atoms with Crippen molar-refractivity contribution in [3.8, 4) is 16.9 Å². The molecular weight excluding hydrogens is 465 g/mol. The van der Waals surface area contributed by atoms with E-state index in [4.69, 9.17) is 0 Å². The van der Waals surface area contributed by atoms with Crippen molar-refractivity contribution in [2.45, 2.75) is 5.51 Å². The number of hydrogen-bond donors (Lipinski definition) is 2. The Hall–Kier alpha value is -3.98. The highest BCUT2D eigenvalue weighted by atomic mass is 32.2. The van der Waals surface area contributed by atoms with Gasteiger partial charge in [0.1, 0.15) is 0 Å². The monoisotopic (exact) mass is 484 g/mol. The molecule has 0 heterocycles. The smallest absolute Gasteiger partial charge is 0.375 e. The summed E-state index contributed by atoms with van der Waals surface area (Å²) in [4.78, 5) is 0. The minimum Gasteiger partial charge on any atom is -0.375 e. The molecule has 0 amide bonds. The lowest BCUT2D eigenvalue weighted by molar-refractivity contribution is -0.0499. The van der Waals surface area contributed by atoms with E-state index in [0.29, 0.717) is 16.9 Å². The molecule has 4 rings (SSSR count). The molecule has 0 saturated carbocycles. The third-order valence-corrected chi connectivity index (χ3v) is 5.78. The molecule has 9 heteroatoms. The SMILES string of the molecule is O=S(=O)(Oc1ccccc1-c1c(Nc2ccccc2)cccc1Nc1ccccc1)C(F)(F)F. The second-order valence-electron chi connectivity index (χ2n) is 7.19. The maximum atomic E-state index is 13.0. The first-order valence-corrected chi connectivity index (χ1v) is 11.5. The zero-order valence-corrected chi connectivity index (χ0v) is 18.4. The van der Waals surface area contributed by atoms with E-state index < -0.39 is 21.4 Å². The van der Waals surface area contributed by atoms with Crippen molar-refractivity contribution in [2.75, 3.05) is 10.6 Å². The lowest BCUT2D eigenvalue weighted by Gasteiger charge is -2.20. The lowest BCUT2D eigenvalue weighted by Crippen LogP contribution is -2.28. The summed E-state index contributed by atoms with van der Waals surface area (Å²) in [5, 5.41) is 6.50. The van der Waals surface area contributed by atoms with Crippen LogP contribution < -0.4 is 14.8 Å². The van der Waals surface area contributed by atoms with Gasteiger partial charge < -0.3 is 14.8 Å². The van der Waals surface area contributed by atoms with Crippen LogP contribution in [0.4, 0.5) is 35.9 Å². The molecule has 0 bridgehead atoms. The van der Waals surface area contributed by atoms with Crippen molar-refractivity contribution in [1.82, 2.24) is 0 Å². The van der Waals surface area contributed by atoms with Crippen LogP contribution in [0, 0.1) is 0 Å². The van der Waals surface area contributed by atoms with Crippen molar-refractivity contribution >= 4 is 32.9 Å². The first kappa shape index (κ1) is 23.2. The van der Waals surface area contributed by atoms with Crippen molar-refractivity contribution in [2.24, 2.45) is 0 Å². The van der Waals surface area contributed by atoms with Gasteiger partial charge in [-0.15, -0.1) is 0 Å². The molecule has 34 heavy (non-hydrogen) atoms. The molecule has 4 aromatic rings. The third-order valence-electron chi connectivity index (χ3n) is 4.81. The maximum Gasteiger partial charge on any atom is 0.534 e. The van der Waals surface area contributed by atoms with Gasteiger partial charge >= 0.3 is 15.6 Å². The fourth-order valence-corrected chi connectivity index (χ4v) is 3.79. The number of halogens is 3. The van der Waals surface area contributed by atoms with Crippen LogP contribution in [0.2, 0.25) is 0 Å². The van der Waals surface area contributed by atoms with Crippen LogP contribution in [0.1, 0.15) is 0 Å². The van der Waals surface area contributed by atoms with Crippen LogP contribution in [-0.4, -0.2) is 13.9 Å². The number of alkyl halides is 3. The predicted octanol–water partition coefficient (Wildman–Crippen LogP) is 7.07. The van der Waals surface area contributed by atoms with Crippen molar-refractivity contribution in [3.05, 3.63) is 103 Å². The molecule has 0 aromatic heterocycles. The standard InChI is InChI=1S/C25H19F3N2O3S/c26-25(27,28)34(31,32)33-23-17-8-7-14-20(23)24-21(29-18-10-3-1-4-11-18)15-9-16-22(24)30-19-12-5-2-6-13-19/h1-17,29-30H. The topological polar surface area (TPSA) is 67.4 Å². The average Bonchev–Trinajstić information content (AvgIpc) is 2.80. The minimum atomic E-state index is -5.87. The van der Waals surface area contributed by atoms with Crippen molar-refractivity contribution in [3.63, 3.8) is 0 Å². The average molecular weight is 484 g/mol. The molecule has 0 aliphatic rings. The van der Waals surface area contributed by atoms with Crippen LogP contribution >= 0.6 is 0 Å². The van der Waals surface area contributed by atoms with Crippen molar-refractivity contribution < 1.29 is 25.8 Å². The quantitative estimate of drug-likeness (QED) is 0.217. The summed E-state index contributed by atoms with van der Waals surface area (Å²) >= 11 is 0. The minimum absolute atomic E-state index is 0.160. The molecule has 2 N–H and O–H groups in total. The van der Waals surface area contributed by atoms with Gasteiger partial charge in [0.05, 0.1) is 0 Å². The summed E-state index contributed by atoms with van der Waals surface area (Å²) in [6, 6.07) is 29.3. The Labute approximate surface area is 195 Å². The Morgan fingerprint density at radius 1 is 0.618 bits per heavy atom. The van der Waals surface area contributed by atoms with E-state index in [1.165, 1.54) is 18.2 Å². The zero-order chi connectivity index (χ0) is 24.2. The molecule has 0 aliphatic heterocycles. The van der Waals surface area contributed by atoms with Crippen LogP contribution in [0.25, 0.3) is 11.1 Å². The van der Waals surface area contributed by atoms with E-state index in [9.17, 15) is 21.6 Å². The van der Waals surface area contributed by atoms with Crippen molar-refractivity contribution in [1.29, 1.82) is 0 Å². The highest BCUT2D eigenvalue weighted by Crippen LogP contribution is 2.43. The van der Waals surface area contributed by atoms with Crippen LogP contribution in [0.15, 0.2) is 103 Å². The molecule has 0 saturated heterocycles. The molecule has 0 radical (unpaired) electrons. The second kappa shape index (κ2) is 9.48. The lowest BCUT2D eigenvalue weighted by atomic mass is 9.99. The summed E-state index contributed by atoms with van der Waals surface area (Å²) in [7, 11) is -5.87. The Morgan fingerprint density at radius 2 is 1.09 bits per heavy atom. The summed E-state index contributed by atoms with van der Waals surface area (Å²) in [6.45, 7) is 0. The highest BCUT2D eigenvalue weighted by Gasteiger charge is 2.48. The number of anilines is 4. The van der Waals surface area contributed by atoms with Crippen LogP contribution in [-0.2, 0) is 10.1 Å². The molecule has 5 nitrogen and oxygen atoms in total. The van der Waals surface area contributed by atoms with E-state index in [1.807, 2.05) is 60.7 Å². The van der Waals surface area contributed by atoms with E-state index in [2.05, 4.69) is 14.8 Å². The Kier molecular flexibility index (Phi) is 6.47. The fourth-order valence-electron chi connectivity index (χ4n) is 3.32. The normalized spacial score (nSPS) is 11.6. The largest absolute Gasteiger partial charge is 0.534 e. The van der Waals surface area contributed by atoms with Gasteiger partial charge in [-0.1, -0.05) is 60.7 Å². The van der Waals surface area contributed by atoms with Gasteiger partial charge in [-0.2, -0.15) is 21.6 Å². The van der Waals surface area contributed by atoms with Crippen LogP contribution in [0.3, 0.4) is 0 Å². The molecule has 0 aliphatic carbocycles. The van der Waals surface area contributed by atoms with Gasteiger partial charge in [0.2, 0.25) is 0 Å². The first-order chi connectivity index (χ1) is 16.2. The molecular formula is C25H19F3N2O3S. The van der Waals surface area contributed by atoms with Gasteiger partial charge in [0.15, 0.2) is 5.75 Å². The van der Waals surface area contributed by atoms with Gasteiger partial charge in [-0.3, -0.25) is 0 Å². The summed E-state index contributed by atoms with van der Waals surface area (Å²) in [5.74, 6) is -0.446. The Bertz CT molecular complexity index is 1320. The molecule has 0 spiro atoms. The Balaban J connectivity index is 1.87. The number of para-hydroxylation sites is 3. The number of nitrogens with one attached hydrogen (secondary N) is 2. The summed E-state index contributed by atoms with van der Waals surface area (Å²) in [5.41, 5.74) is -2.42. The van der Waals surface area contributed by atoms with Gasteiger partial charge in [0, 0.05) is 33.9 Å². The number of hydrogen-bond acceptors (Lipinski definition) is 5. The van der Waals surface area contributed by atoms with E-state index >= 15 is 0 Å². The molecule has 174 valence electrons. The molecule has 0 fully saturated rings. The first-order valence-electron chi connectivity index (χ1n) is 10.1. The maximum absolute atomic E-state index is 13.0. The van der Waals surface area contributed by atoms with Gasteiger partial charge in [-0.25, -0.2) is 0 Å². The summed E-state index contributed by atoms with van der Waals surface area (Å²) < 4.78 is 67.3. The fraction of sp³-hybridized carbons (Fsp3) is 0.0400. The summed E-state index contributed by atoms with van der Waals surface area (Å²) in [6.07, 6.45) is 0. The number of rotatable bonds is 7. The number of benzene rings is 4. The zero-order valence-electron chi connectivity index (χ0n) is 17.6. The van der Waals surface area contributed by atoms with E-state index in [0.717, 1.165) is 11.4 Å². The highest BCUT2D eigenvalue weighted by molar-refractivity contribution is 7.88. The van der Waals surface area contributed by atoms with Crippen LogP contribution in [0.5, 0.6) is 5.75 Å². The van der Waals surface area contributed by atoms with E-state index in [-0.39, 0.29) is 5.56 Å². The molecule has 0 atom stereocenters. The third kappa shape index (κ3) is 5.15. The molecule has 0 unspecified atom stereocenters. The second-order valence-corrected chi connectivity index (χ2v) is 8.73. The van der Waals surface area contributed by atoms with Gasteiger partial charge in [-0.05, 0) is 42.5 Å². The predicted molar refractivity (Wildman–Crippen MR) is 127 cm³/mol. The molecule has 4 aromatic carbocycles. The van der Waals surface area contributed by atoms with Gasteiger partial charge in [0.25, 0.3) is 0 Å². The Morgan fingerprint density at radius 3 is 1.59 bits per heavy atom. The van der Waals surface area contributed by atoms with E-state index in [1.54, 1.807) is 24.3 Å².